The highest BCUT2D eigenvalue weighted by molar-refractivity contribution is 5.92. The lowest BCUT2D eigenvalue weighted by molar-refractivity contribution is -0.154. The van der Waals surface area contributed by atoms with Crippen LogP contribution in [-0.2, 0) is 20.8 Å². The number of ether oxygens (including phenoxy) is 2. The lowest BCUT2D eigenvalue weighted by Gasteiger charge is -2.06. The number of rotatable bonds is 5. The molecule has 0 bridgehead atoms. The monoisotopic (exact) mass is 263 g/mol. The summed E-state index contributed by atoms with van der Waals surface area (Å²) in [5, 5.41) is 3.94. The van der Waals surface area contributed by atoms with E-state index in [-0.39, 0.29) is 5.97 Å². The maximum absolute atomic E-state index is 11.5. The van der Waals surface area contributed by atoms with Gasteiger partial charge in [0.25, 0.3) is 0 Å². The summed E-state index contributed by atoms with van der Waals surface area (Å²) < 4.78 is 10.00. The van der Waals surface area contributed by atoms with Crippen LogP contribution in [0.15, 0.2) is 29.4 Å². The van der Waals surface area contributed by atoms with Crippen molar-refractivity contribution in [1.29, 1.82) is 0 Å². The Labute approximate surface area is 112 Å². The lowest BCUT2D eigenvalue weighted by Crippen LogP contribution is -2.23. The fraction of sp³-hybridized carbons (Fsp3) is 0.429. The van der Waals surface area contributed by atoms with Gasteiger partial charge in [0.2, 0.25) is 6.10 Å². The molecule has 1 heterocycles. The minimum absolute atomic E-state index is 0.351. The quantitative estimate of drug-likeness (QED) is 0.762. The highest BCUT2D eigenvalue weighted by Gasteiger charge is 2.29. The number of oxime groups is 1. The highest BCUT2D eigenvalue weighted by atomic mass is 16.7. The van der Waals surface area contributed by atoms with E-state index in [1.807, 2.05) is 24.3 Å². The summed E-state index contributed by atoms with van der Waals surface area (Å²) in [6, 6.07) is 7.74. The maximum atomic E-state index is 11.5. The van der Waals surface area contributed by atoms with Crippen LogP contribution in [0.25, 0.3) is 0 Å². The van der Waals surface area contributed by atoms with Crippen molar-refractivity contribution in [2.24, 2.45) is 5.16 Å². The van der Waals surface area contributed by atoms with E-state index in [4.69, 9.17) is 14.3 Å². The van der Waals surface area contributed by atoms with Crippen LogP contribution in [0.4, 0.5) is 0 Å². The molecule has 2 rings (SSSR count). The standard InChI is InChI=1S/C14H17NO4/c1-3-18-14(16)13-9-11(15-19-13)8-10-4-6-12(17-2)7-5-10/h4-7,13H,3,8-9H2,1-2H3. The van der Waals surface area contributed by atoms with Gasteiger partial charge in [-0.05, 0) is 24.6 Å². The highest BCUT2D eigenvalue weighted by Crippen LogP contribution is 2.17. The second-order valence-electron chi connectivity index (χ2n) is 4.23. The van der Waals surface area contributed by atoms with Gasteiger partial charge in [-0.1, -0.05) is 17.3 Å². The van der Waals surface area contributed by atoms with Crippen LogP contribution in [-0.4, -0.2) is 31.5 Å². The fourth-order valence-corrected chi connectivity index (χ4v) is 1.87. The predicted octanol–water partition coefficient (Wildman–Crippen LogP) is 1.95. The topological polar surface area (TPSA) is 57.1 Å². The van der Waals surface area contributed by atoms with Gasteiger partial charge < -0.3 is 14.3 Å². The van der Waals surface area contributed by atoms with Crippen molar-refractivity contribution in [2.45, 2.75) is 25.9 Å². The molecular formula is C14H17NO4. The lowest BCUT2D eigenvalue weighted by atomic mass is 10.0. The Morgan fingerprint density at radius 1 is 1.42 bits per heavy atom. The zero-order chi connectivity index (χ0) is 13.7. The molecule has 5 nitrogen and oxygen atoms in total. The van der Waals surface area contributed by atoms with Crippen LogP contribution < -0.4 is 4.74 Å². The number of carbonyl (C=O) groups excluding carboxylic acids is 1. The summed E-state index contributed by atoms with van der Waals surface area (Å²) in [7, 11) is 1.63. The molecule has 0 saturated carbocycles. The largest absolute Gasteiger partial charge is 0.497 e. The van der Waals surface area contributed by atoms with E-state index >= 15 is 0 Å². The van der Waals surface area contributed by atoms with Crippen LogP contribution in [0.3, 0.4) is 0 Å². The molecule has 1 aliphatic heterocycles. The van der Waals surface area contributed by atoms with E-state index in [1.54, 1.807) is 14.0 Å². The summed E-state index contributed by atoms with van der Waals surface area (Å²) in [6.07, 6.45) is 0.568. The molecule has 19 heavy (non-hydrogen) atoms. The molecule has 1 aromatic rings. The molecule has 1 atom stereocenters. The molecule has 1 unspecified atom stereocenters. The predicted molar refractivity (Wildman–Crippen MR) is 70.3 cm³/mol. The first-order valence-corrected chi connectivity index (χ1v) is 6.24. The molecule has 0 spiro atoms. The molecule has 0 aliphatic carbocycles. The van der Waals surface area contributed by atoms with E-state index in [0.717, 1.165) is 17.0 Å². The third-order valence-electron chi connectivity index (χ3n) is 2.85. The number of benzene rings is 1. The van der Waals surface area contributed by atoms with E-state index in [1.165, 1.54) is 0 Å². The van der Waals surface area contributed by atoms with Gasteiger partial charge in [-0.25, -0.2) is 4.79 Å². The van der Waals surface area contributed by atoms with Crippen molar-refractivity contribution in [2.75, 3.05) is 13.7 Å². The Morgan fingerprint density at radius 3 is 2.79 bits per heavy atom. The van der Waals surface area contributed by atoms with E-state index in [2.05, 4.69) is 5.16 Å². The van der Waals surface area contributed by atoms with Crippen LogP contribution in [0.2, 0.25) is 0 Å². The smallest absolute Gasteiger partial charge is 0.350 e. The molecule has 0 saturated heterocycles. The number of methoxy groups -OCH3 is 1. The van der Waals surface area contributed by atoms with E-state index in [0.29, 0.717) is 19.4 Å². The molecule has 0 fully saturated rings. The maximum Gasteiger partial charge on any atom is 0.350 e. The summed E-state index contributed by atoms with van der Waals surface area (Å²) in [6.45, 7) is 2.12. The minimum Gasteiger partial charge on any atom is -0.497 e. The number of nitrogens with zero attached hydrogens (tertiary/aromatic N) is 1. The van der Waals surface area contributed by atoms with Crippen LogP contribution in [0.5, 0.6) is 5.75 Å². The van der Waals surface area contributed by atoms with Gasteiger partial charge in [0, 0.05) is 12.8 Å². The number of carbonyl (C=O) groups is 1. The zero-order valence-electron chi connectivity index (χ0n) is 11.1. The summed E-state index contributed by atoms with van der Waals surface area (Å²) in [5.74, 6) is 0.466. The fourth-order valence-electron chi connectivity index (χ4n) is 1.87. The number of hydrogen-bond acceptors (Lipinski definition) is 5. The minimum atomic E-state index is -0.590. The first-order valence-electron chi connectivity index (χ1n) is 6.24. The van der Waals surface area contributed by atoms with E-state index in [9.17, 15) is 4.79 Å². The summed E-state index contributed by atoms with van der Waals surface area (Å²) in [5.41, 5.74) is 1.95. The normalized spacial score (nSPS) is 17.6. The molecular weight excluding hydrogens is 246 g/mol. The number of hydrogen-bond donors (Lipinski definition) is 0. The van der Waals surface area contributed by atoms with Crippen LogP contribution >= 0.6 is 0 Å². The zero-order valence-corrected chi connectivity index (χ0v) is 11.1. The molecule has 0 amide bonds. The van der Waals surface area contributed by atoms with Crippen molar-refractivity contribution < 1.29 is 19.1 Å². The van der Waals surface area contributed by atoms with Crippen molar-refractivity contribution in [3.05, 3.63) is 29.8 Å². The Hall–Kier alpha value is -2.04. The van der Waals surface area contributed by atoms with Gasteiger partial charge in [-0.2, -0.15) is 0 Å². The van der Waals surface area contributed by atoms with Gasteiger partial charge in [0.15, 0.2) is 0 Å². The van der Waals surface area contributed by atoms with Gasteiger partial charge in [-0.3, -0.25) is 0 Å². The molecule has 0 radical (unpaired) electrons. The van der Waals surface area contributed by atoms with Gasteiger partial charge in [-0.15, -0.1) is 0 Å². The molecule has 0 aromatic heterocycles. The summed E-state index contributed by atoms with van der Waals surface area (Å²) >= 11 is 0. The van der Waals surface area contributed by atoms with Gasteiger partial charge >= 0.3 is 5.97 Å². The molecule has 5 heteroatoms. The second-order valence-corrected chi connectivity index (χ2v) is 4.23. The van der Waals surface area contributed by atoms with Gasteiger partial charge in [0.1, 0.15) is 5.75 Å². The molecule has 0 N–H and O–H groups in total. The SMILES string of the molecule is CCOC(=O)C1CC(Cc2ccc(OC)cc2)=NO1. The van der Waals surface area contributed by atoms with Crippen LogP contribution in [0.1, 0.15) is 18.9 Å². The van der Waals surface area contributed by atoms with Crippen LogP contribution in [0, 0.1) is 0 Å². The molecule has 1 aromatic carbocycles. The molecule has 1 aliphatic rings. The first kappa shape index (κ1) is 13.4. The van der Waals surface area contributed by atoms with Crippen molar-refractivity contribution >= 4 is 11.7 Å². The number of esters is 1. The molecule has 102 valence electrons. The Kier molecular flexibility index (Phi) is 4.39. The average molecular weight is 263 g/mol. The first-order chi connectivity index (χ1) is 9.22. The Bertz CT molecular complexity index is 467. The van der Waals surface area contributed by atoms with Crippen molar-refractivity contribution in [3.63, 3.8) is 0 Å². The third kappa shape index (κ3) is 3.47. The second kappa shape index (κ2) is 6.22. The Morgan fingerprint density at radius 2 is 2.16 bits per heavy atom. The van der Waals surface area contributed by atoms with Gasteiger partial charge in [0.05, 0.1) is 19.4 Å². The summed E-state index contributed by atoms with van der Waals surface area (Å²) in [4.78, 5) is 16.6. The Balaban J connectivity index is 1.89. The third-order valence-corrected chi connectivity index (χ3v) is 2.85. The average Bonchev–Trinajstić information content (AvgIpc) is 2.88. The van der Waals surface area contributed by atoms with Crippen molar-refractivity contribution in [1.82, 2.24) is 0 Å². The van der Waals surface area contributed by atoms with E-state index < -0.39 is 6.10 Å². The van der Waals surface area contributed by atoms with Crippen molar-refractivity contribution in [3.8, 4) is 5.75 Å².